The maximum absolute atomic E-state index is 10.6. The van der Waals surface area contributed by atoms with Crippen LogP contribution in [0.25, 0.3) is 5.69 Å². The molecule has 0 saturated heterocycles. The zero-order valence-electron chi connectivity index (χ0n) is 19.9. The van der Waals surface area contributed by atoms with Gasteiger partial charge in [-0.2, -0.15) is 5.10 Å². The fourth-order valence-corrected chi connectivity index (χ4v) is 4.13. The second-order valence-electron chi connectivity index (χ2n) is 8.85. The van der Waals surface area contributed by atoms with Crippen molar-refractivity contribution < 1.29 is 14.6 Å². The summed E-state index contributed by atoms with van der Waals surface area (Å²) in [5, 5.41) is 15.5. The SMILES string of the molecule is CCCC[C@H](O)CN(Cc1c(C)nn(-c2ccccc2)c1Oc1cccc(OC)c1)C1CC1. The number of unbranched alkanes of at least 4 members (excludes halogenated alkanes) is 1. The number of aromatic nitrogens is 2. The van der Waals surface area contributed by atoms with Crippen molar-refractivity contribution in [3.05, 3.63) is 65.9 Å². The van der Waals surface area contributed by atoms with E-state index in [0.29, 0.717) is 30.8 Å². The Labute approximate surface area is 196 Å². The first-order valence-corrected chi connectivity index (χ1v) is 12.0. The van der Waals surface area contributed by atoms with E-state index in [1.54, 1.807) is 7.11 Å². The van der Waals surface area contributed by atoms with Gasteiger partial charge in [0, 0.05) is 25.2 Å². The van der Waals surface area contributed by atoms with Crippen molar-refractivity contribution in [3.8, 4) is 23.1 Å². The average Bonchev–Trinajstić information content (AvgIpc) is 3.64. The molecule has 0 unspecified atom stereocenters. The fraction of sp³-hybridized carbons (Fsp3) is 0.444. The highest BCUT2D eigenvalue weighted by Crippen LogP contribution is 2.35. The Bertz CT molecular complexity index is 1030. The molecule has 1 atom stereocenters. The Morgan fingerprint density at radius 1 is 1.12 bits per heavy atom. The lowest BCUT2D eigenvalue weighted by molar-refractivity contribution is 0.0949. The van der Waals surface area contributed by atoms with Crippen molar-refractivity contribution in [1.82, 2.24) is 14.7 Å². The summed E-state index contributed by atoms with van der Waals surface area (Å²) in [6.07, 6.45) is 5.04. The number of aliphatic hydroxyl groups excluding tert-OH is 1. The number of para-hydroxylation sites is 1. The third kappa shape index (κ3) is 5.95. The number of ether oxygens (including phenoxy) is 2. The molecule has 176 valence electrons. The van der Waals surface area contributed by atoms with Gasteiger partial charge in [-0.15, -0.1) is 0 Å². The normalized spacial score (nSPS) is 14.5. The third-order valence-corrected chi connectivity index (χ3v) is 6.15. The number of hydrogen-bond acceptors (Lipinski definition) is 5. The molecule has 1 aliphatic carbocycles. The van der Waals surface area contributed by atoms with Gasteiger partial charge in [0.25, 0.3) is 0 Å². The number of rotatable bonds is 12. The molecule has 1 heterocycles. The van der Waals surface area contributed by atoms with Gasteiger partial charge in [0.2, 0.25) is 5.88 Å². The number of aliphatic hydroxyl groups is 1. The molecule has 6 nitrogen and oxygen atoms in total. The quantitative estimate of drug-likeness (QED) is 0.396. The van der Waals surface area contributed by atoms with Crippen LogP contribution in [0, 0.1) is 6.92 Å². The van der Waals surface area contributed by atoms with E-state index in [1.807, 2.05) is 66.2 Å². The lowest BCUT2D eigenvalue weighted by atomic mass is 10.1. The topological polar surface area (TPSA) is 59.8 Å². The number of methoxy groups -OCH3 is 1. The molecule has 1 aromatic heterocycles. The standard InChI is InChI=1S/C27H35N3O3/c1-4-5-12-23(31)18-29(21-15-16-21)19-26-20(2)28-30(22-10-7-6-8-11-22)27(26)33-25-14-9-13-24(17-25)32-3/h6-11,13-14,17,21,23,31H,4-5,12,15-16,18-19H2,1-3H3/t23-/m0/s1. The van der Waals surface area contributed by atoms with Gasteiger partial charge in [-0.3, -0.25) is 4.90 Å². The maximum Gasteiger partial charge on any atom is 0.227 e. The van der Waals surface area contributed by atoms with Gasteiger partial charge in [-0.05, 0) is 50.5 Å². The van der Waals surface area contributed by atoms with Crippen LogP contribution in [0.5, 0.6) is 17.4 Å². The summed E-state index contributed by atoms with van der Waals surface area (Å²) in [5.74, 6) is 2.16. The molecule has 3 aromatic rings. The molecule has 0 radical (unpaired) electrons. The molecule has 33 heavy (non-hydrogen) atoms. The van der Waals surface area contributed by atoms with Crippen LogP contribution in [0.2, 0.25) is 0 Å². The first-order chi connectivity index (χ1) is 16.1. The van der Waals surface area contributed by atoms with Crippen LogP contribution in [0.1, 0.15) is 50.3 Å². The first-order valence-electron chi connectivity index (χ1n) is 12.0. The van der Waals surface area contributed by atoms with E-state index in [9.17, 15) is 5.11 Å². The van der Waals surface area contributed by atoms with E-state index < -0.39 is 0 Å². The molecule has 0 amide bonds. The van der Waals surface area contributed by atoms with E-state index in [1.165, 1.54) is 12.8 Å². The summed E-state index contributed by atoms with van der Waals surface area (Å²) in [6.45, 7) is 5.58. The lowest BCUT2D eigenvalue weighted by Crippen LogP contribution is -2.34. The van der Waals surface area contributed by atoms with Gasteiger partial charge in [-0.1, -0.05) is 44.0 Å². The minimum atomic E-state index is -0.308. The summed E-state index contributed by atoms with van der Waals surface area (Å²) < 4.78 is 13.7. The molecule has 1 saturated carbocycles. The van der Waals surface area contributed by atoms with Gasteiger partial charge in [0.05, 0.1) is 30.2 Å². The number of hydrogen-bond donors (Lipinski definition) is 1. The number of aryl methyl sites for hydroxylation is 1. The monoisotopic (exact) mass is 449 g/mol. The fourth-order valence-electron chi connectivity index (χ4n) is 4.13. The lowest BCUT2D eigenvalue weighted by Gasteiger charge is -2.25. The van der Waals surface area contributed by atoms with Crippen molar-refractivity contribution in [2.45, 2.75) is 64.6 Å². The summed E-state index contributed by atoms with van der Waals surface area (Å²) in [4.78, 5) is 2.40. The second kappa shape index (κ2) is 10.9. The Hall–Kier alpha value is -2.83. The van der Waals surface area contributed by atoms with Crippen molar-refractivity contribution in [2.75, 3.05) is 13.7 Å². The molecule has 6 heteroatoms. The van der Waals surface area contributed by atoms with Gasteiger partial charge < -0.3 is 14.6 Å². The Balaban J connectivity index is 1.66. The molecule has 1 N–H and O–H groups in total. The second-order valence-corrected chi connectivity index (χ2v) is 8.85. The van der Waals surface area contributed by atoms with Crippen LogP contribution in [0.15, 0.2) is 54.6 Å². The first kappa shape index (κ1) is 23.3. The molecule has 0 bridgehead atoms. The zero-order chi connectivity index (χ0) is 23.2. The number of benzene rings is 2. The Morgan fingerprint density at radius 3 is 2.58 bits per heavy atom. The highest BCUT2D eigenvalue weighted by Gasteiger charge is 2.32. The smallest absolute Gasteiger partial charge is 0.227 e. The predicted molar refractivity (Wildman–Crippen MR) is 130 cm³/mol. The molecule has 1 fully saturated rings. The van der Waals surface area contributed by atoms with E-state index in [0.717, 1.165) is 42.0 Å². The van der Waals surface area contributed by atoms with Crippen molar-refractivity contribution in [3.63, 3.8) is 0 Å². The molecule has 0 aliphatic heterocycles. The zero-order valence-corrected chi connectivity index (χ0v) is 19.9. The molecule has 2 aromatic carbocycles. The van der Waals surface area contributed by atoms with Crippen LogP contribution in [0.4, 0.5) is 0 Å². The van der Waals surface area contributed by atoms with Gasteiger partial charge in [0.15, 0.2) is 0 Å². The van der Waals surface area contributed by atoms with Gasteiger partial charge in [0.1, 0.15) is 11.5 Å². The van der Waals surface area contributed by atoms with Crippen LogP contribution in [-0.4, -0.2) is 45.6 Å². The van der Waals surface area contributed by atoms with E-state index in [4.69, 9.17) is 14.6 Å². The molecule has 4 rings (SSSR count). The van der Waals surface area contributed by atoms with Crippen molar-refractivity contribution in [2.24, 2.45) is 0 Å². The third-order valence-electron chi connectivity index (χ3n) is 6.15. The molecular formula is C27H35N3O3. The maximum atomic E-state index is 10.6. The van der Waals surface area contributed by atoms with Gasteiger partial charge >= 0.3 is 0 Å². The summed E-state index contributed by atoms with van der Waals surface area (Å²) in [7, 11) is 1.65. The van der Waals surface area contributed by atoms with Crippen LogP contribution < -0.4 is 9.47 Å². The van der Waals surface area contributed by atoms with E-state index in [-0.39, 0.29) is 6.10 Å². The van der Waals surface area contributed by atoms with Crippen LogP contribution >= 0.6 is 0 Å². The highest BCUT2D eigenvalue weighted by molar-refractivity contribution is 5.44. The van der Waals surface area contributed by atoms with Crippen molar-refractivity contribution in [1.29, 1.82) is 0 Å². The molecule has 0 spiro atoms. The highest BCUT2D eigenvalue weighted by atomic mass is 16.5. The Kier molecular flexibility index (Phi) is 7.68. The summed E-state index contributed by atoms with van der Waals surface area (Å²) in [6, 6.07) is 18.2. The van der Waals surface area contributed by atoms with Crippen molar-refractivity contribution >= 4 is 0 Å². The minimum Gasteiger partial charge on any atom is -0.497 e. The minimum absolute atomic E-state index is 0.308. The van der Waals surface area contributed by atoms with E-state index in [2.05, 4.69) is 11.8 Å². The number of nitrogens with zero attached hydrogens (tertiary/aromatic N) is 3. The predicted octanol–water partition coefficient (Wildman–Crippen LogP) is 5.50. The van der Waals surface area contributed by atoms with Crippen LogP contribution in [-0.2, 0) is 6.54 Å². The Morgan fingerprint density at radius 2 is 1.88 bits per heavy atom. The summed E-state index contributed by atoms with van der Waals surface area (Å²) in [5.41, 5.74) is 2.94. The van der Waals surface area contributed by atoms with Crippen LogP contribution in [0.3, 0.4) is 0 Å². The largest absolute Gasteiger partial charge is 0.497 e. The summed E-state index contributed by atoms with van der Waals surface area (Å²) >= 11 is 0. The van der Waals surface area contributed by atoms with Gasteiger partial charge in [-0.25, -0.2) is 4.68 Å². The van der Waals surface area contributed by atoms with E-state index >= 15 is 0 Å². The molecule has 1 aliphatic rings. The molecular weight excluding hydrogens is 414 g/mol. The average molecular weight is 450 g/mol.